The molecule has 0 fully saturated rings. The van der Waals surface area contributed by atoms with Crippen LogP contribution < -0.4 is 0 Å². The van der Waals surface area contributed by atoms with Gasteiger partial charge in [-0.1, -0.05) is 92.1 Å². The molecule has 0 spiro atoms. The predicted molar refractivity (Wildman–Crippen MR) is 144 cm³/mol. The van der Waals surface area contributed by atoms with Crippen LogP contribution in [0.15, 0.2) is 92.1 Å². The molecular weight excluding hydrogens is 466 g/mol. The summed E-state index contributed by atoms with van der Waals surface area (Å²) in [7, 11) is 0.0943. The van der Waals surface area contributed by atoms with Crippen LogP contribution in [0.5, 0.6) is 0 Å². The fourth-order valence-electron chi connectivity index (χ4n) is 4.29. The number of fused-ring (bicyclic) bond motifs is 4. The summed E-state index contributed by atoms with van der Waals surface area (Å²) in [6.07, 6.45) is 10.0. The first-order valence-electron chi connectivity index (χ1n) is 11.5. The van der Waals surface area contributed by atoms with E-state index in [2.05, 4.69) is 94.6 Å². The second-order valence-corrected chi connectivity index (χ2v) is 11.3. The maximum atomic E-state index is 13.2. The normalized spacial score (nSPS) is 15.9. The summed E-state index contributed by atoms with van der Waals surface area (Å²) < 4.78 is 15.2. The van der Waals surface area contributed by atoms with Crippen LogP contribution in [0.3, 0.4) is 0 Å². The Morgan fingerprint density at radius 3 is 2.03 bits per heavy atom. The Bertz CT molecular complexity index is 1170. The van der Waals surface area contributed by atoms with Gasteiger partial charge in [0.15, 0.2) is 0 Å². The van der Waals surface area contributed by atoms with Gasteiger partial charge in [-0.15, -0.1) is 0 Å². The van der Waals surface area contributed by atoms with Crippen LogP contribution in [0, 0.1) is 5.92 Å². The zero-order valence-electron chi connectivity index (χ0n) is 21.1. The van der Waals surface area contributed by atoms with Crippen LogP contribution in [-0.2, 0) is 26.2 Å². The van der Waals surface area contributed by atoms with E-state index in [-0.39, 0.29) is 33.2 Å². The molecule has 1 atom stereocenters. The minimum atomic E-state index is -1.89. The summed E-state index contributed by atoms with van der Waals surface area (Å²) in [5.41, 5.74) is 8.32. The molecule has 4 heteroatoms. The van der Waals surface area contributed by atoms with Gasteiger partial charge < -0.3 is 9.03 Å². The Balaban J connectivity index is 0.000000619. The van der Waals surface area contributed by atoms with E-state index >= 15 is 0 Å². The fraction of sp³-hybridized carbons (Fsp3) is 0.267. The van der Waals surface area contributed by atoms with Crippen molar-refractivity contribution < 1.29 is 26.2 Å². The van der Waals surface area contributed by atoms with Crippen LogP contribution >= 0.6 is 0 Å². The second kappa shape index (κ2) is 11.9. The Kier molecular flexibility index (Phi) is 9.75. The van der Waals surface area contributed by atoms with E-state index < -0.39 is 8.84 Å². The predicted octanol–water partition coefficient (Wildman–Crippen LogP) is 7.55. The molecule has 2 aromatic carbocycles. The third-order valence-electron chi connectivity index (χ3n) is 6.34. The van der Waals surface area contributed by atoms with Gasteiger partial charge in [-0.3, -0.25) is 0 Å². The molecular formula is C30H35NOSiTi. The Morgan fingerprint density at radius 1 is 1.00 bits per heavy atom. The quantitative estimate of drug-likeness (QED) is 0.318. The molecule has 4 rings (SSSR count). The van der Waals surface area contributed by atoms with Gasteiger partial charge in [-0.25, -0.2) is 0 Å². The van der Waals surface area contributed by atoms with Gasteiger partial charge in [0, 0.05) is 46.3 Å². The smallest absolute Gasteiger partial charge is 0.375 e. The summed E-state index contributed by atoms with van der Waals surface area (Å²) in [5, 5.41) is 0. The van der Waals surface area contributed by atoms with Crippen LogP contribution in [0.2, 0.25) is 6.04 Å². The van der Waals surface area contributed by atoms with Gasteiger partial charge in [-0.2, -0.15) is 0 Å². The molecule has 34 heavy (non-hydrogen) atoms. The van der Waals surface area contributed by atoms with Crippen LogP contribution in [-0.4, -0.2) is 26.0 Å². The maximum Gasteiger partial charge on any atom is 0.395 e. The first kappa shape index (κ1) is 27.9. The molecule has 0 radical (unpaired) electrons. The molecule has 0 aliphatic heterocycles. The van der Waals surface area contributed by atoms with E-state index in [9.17, 15) is 4.46 Å². The topological polar surface area (TPSA) is 20.3 Å². The molecule has 0 saturated heterocycles. The maximum absolute atomic E-state index is 13.2. The SMILES string of the molecule is C=C1c2ccccc2C2=C(c3ccccc31)C(C[Si](=O)N(C)C(C)(C)C)C=C2.C=CC=CC.[Ti]. The Labute approximate surface area is 222 Å². The van der Waals surface area contributed by atoms with E-state index in [4.69, 9.17) is 0 Å². The van der Waals surface area contributed by atoms with E-state index in [1.807, 2.05) is 30.7 Å². The van der Waals surface area contributed by atoms with Gasteiger partial charge in [-0.05, 0) is 66.7 Å². The fourth-order valence-corrected chi connectivity index (χ4v) is 6.03. The van der Waals surface area contributed by atoms with Crippen LogP contribution in [0.1, 0.15) is 49.9 Å². The number of nitrogens with zero attached hydrogens (tertiary/aromatic N) is 1. The zero-order valence-corrected chi connectivity index (χ0v) is 23.6. The van der Waals surface area contributed by atoms with E-state index in [1.165, 1.54) is 33.4 Å². The number of hydrogen-bond acceptors (Lipinski definition) is 1. The molecule has 0 heterocycles. The summed E-state index contributed by atoms with van der Waals surface area (Å²) >= 11 is 0. The molecule has 2 nitrogen and oxygen atoms in total. The van der Waals surface area contributed by atoms with Crippen molar-refractivity contribution in [2.45, 2.75) is 39.3 Å². The van der Waals surface area contributed by atoms with Gasteiger partial charge in [0.05, 0.1) is 0 Å². The monoisotopic (exact) mass is 501 g/mol. The van der Waals surface area contributed by atoms with E-state index in [1.54, 1.807) is 6.08 Å². The second-order valence-electron chi connectivity index (χ2n) is 9.45. The summed E-state index contributed by atoms with van der Waals surface area (Å²) in [4.78, 5) is 0. The number of rotatable bonds is 4. The summed E-state index contributed by atoms with van der Waals surface area (Å²) in [6.45, 7) is 16.2. The average Bonchev–Trinajstić information content (AvgIpc) is 3.17. The van der Waals surface area contributed by atoms with Crippen molar-refractivity contribution in [2.75, 3.05) is 7.05 Å². The van der Waals surface area contributed by atoms with E-state index in [0.29, 0.717) is 6.04 Å². The average molecular weight is 502 g/mol. The standard InChI is InChI=1S/C25H27NOSi.C5H8.Ti/c1-17-19-10-6-8-12-21(19)23-15-14-18(16-28(27)26(5)25(2,3)4)24(23)22-13-9-7-11-20(17)22;1-3-5-4-2;/h6-15,18H,1,16H2,2-5H3;3-5H,1H2,2H3;. The van der Waals surface area contributed by atoms with Gasteiger partial charge in [0.25, 0.3) is 0 Å². The molecule has 2 aromatic rings. The van der Waals surface area contributed by atoms with Crippen LogP contribution in [0.4, 0.5) is 0 Å². The Hall–Kier alpha value is -2.33. The van der Waals surface area contributed by atoms with Crippen LogP contribution in [0.25, 0.3) is 16.7 Å². The molecule has 0 amide bonds. The van der Waals surface area contributed by atoms with Crippen molar-refractivity contribution in [3.63, 3.8) is 0 Å². The number of hydrogen-bond donors (Lipinski definition) is 0. The first-order chi connectivity index (χ1) is 15.7. The van der Waals surface area contributed by atoms with Gasteiger partial charge in [0.2, 0.25) is 0 Å². The molecule has 2 aliphatic rings. The first-order valence-corrected chi connectivity index (χ1v) is 13.1. The largest absolute Gasteiger partial charge is 0.395 e. The molecule has 0 bridgehead atoms. The zero-order chi connectivity index (χ0) is 24.2. The third kappa shape index (κ3) is 5.83. The van der Waals surface area contributed by atoms with E-state index in [0.717, 1.165) is 5.57 Å². The molecule has 0 aromatic heterocycles. The van der Waals surface area contributed by atoms with Gasteiger partial charge >= 0.3 is 8.84 Å². The third-order valence-corrected chi connectivity index (χ3v) is 8.55. The molecule has 0 N–H and O–H groups in total. The van der Waals surface area contributed by atoms with Crippen molar-refractivity contribution >= 4 is 25.6 Å². The van der Waals surface area contributed by atoms with Crippen molar-refractivity contribution in [3.05, 3.63) is 114 Å². The number of allylic oxidation sites excluding steroid dienone is 7. The molecule has 0 saturated carbocycles. The van der Waals surface area contributed by atoms with Crippen molar-refractivity contribution in [2.24, 2.45) is 5.92 Å². The number of benzene rings is 2. The molecule has 1 unspecified atom stereocenters. The minimum absolute atomic E-state index is 0. The molecule has 174 valence electrons. The summed E-state index contributed by atoms with van der Waals surface area (Å²) in [6, 6.07) is 17.7. The Morgan fingerprint density at radius 2 is 1.53 bits per heavy atom. The van der Waals surface area contributed by atoms with Crippen molar-refractivity contribution in [1.29, 1.82) is 0 Å². The summed E-state index contributed by atoms with van der Waals surface area (Å²) in [5.74, 6) is 0.159. The van der Waals surface area contributed by atoms with Crippen molar-refractivity contribution in [3.8, 4) is 0 Å². The van der Waals surface area contributed by atoms with Crippen molar-refractivity contribution in [1.82, 2.24) is 4.57 Å². The minimum Gasteiger partial charge on any atom is -0.375 e. The molecule has 2 aliphatic carbocycles. The van der Waals surface area contributed by atoms with Gasteiger partial charge in [0.1, 0.15) is 0 Å².